The van der Waals surface area contributed by atoms with Gasteiger partial charge in [0.1, 0.15) is 5.82 Å². The molecule has 2 rings (SSSR count). The van der Waals surface area contributed by atoms with Crippen molar-refractivity contribution in [2.24, 2.45) is 0 Å². The lowest BCUT2D eigenvalue weighted by molar-refractivity contribution is 0.548. The summed E-state index contributed by atoms with van der Waals surface area (Å²) in [6, 6.07) is 8.54. The van der Waals surface area contributed by atoms with Gasteiger partial charge in [-0.05, 0) is 62.2 Å². The van der Waals surface area contributed by atoms with E-state index in [1.165, 1.54) is 36.4 Å². The molecule has 0 amide bonds. The minimum Gasteiger partial charge on any atom is -0.261 e. The Morgan fingerprint density at radius 1 is 1.03 bits per heavy atom. The first-order valence-corrected chi connectivity index (χ1v) is 12.7. The molecule has 0 saturated heterocycles. The van der Waals surface area contributed by atoms with Crippen LogP contribution in [0.3, 0.4) is 0 Å². The molecule has 0 aromatic heterocycles. The zero-order valence-electron chi connectivity index (χ0n) is 15.8. The highest BCUT2D eigenvalue weighted by molar-refractivity contribution is 7.92. The Morgan fingerprint density at radius 3 is 2.21 bits per heavy atom. The van der Waals surface area contributed by atoms with Crippen molar-refractivity contribution in [2.45, 2.75) is 30.7 Å². The van der Waals surface area contributed by atoms with Crippen molar-refractivity contribution in [3.05, 3.63) is 58.3 Å². The summed E-state index contributed by atoms with van der Waals surface area (Å²) >= 11 is 11.8. The van der Waals surface area contributed by atoms with Crippen molar-refractivity contribution in [3.63, 3.8) is 0 Å². The van der Waals surface area contributed by atoms with Crippen molar-refractivity contribution < 1.29 is 21.2 Å². The number of halogens is 3. The third kappa shape index (κ3) is 6.55. The maximum Gasteiger partial charge on any atom is 0.264 e. The molecule has 2 aromatic carbocycles. The molecule has 0 radical (unpaired) electrons. The van der Waals surface area contributed by atoms with Crippen LogP contribution in [0.2, 0.25) is 10.0 Å². The first-order chi connectivity index (χ1) is 13.4. The second-order valence-electron chi connectivity index (χ2n) is 6.51. The fourth-order valence-electron chi connectivity index (χ4n) is 2.75. The van der Waals surface area contributed by atoms with Gasteiger partial charge in [-0.1, -0.05) is 23.2 Å². The summed E-state index contributed by atoms with van der Waals surface area (Å²) in [5.41, 5.74) is -0.184. The molecule has 29 heavy (non-hydrogen) atoms. The van der Waals surface area contributed by atoms with E-state index in [0.29, 0.717) is 11.4 Å². The SMILES string of the molecule is C[C@H](CCCNS(C)(=O)=O)N(c1cc(Cl)ccc1F)S(=O)(=O)c1ccc(Cl)cc1. The van der Waals surface area contributed by atoms with Crippen LogP contribution < -0.4 is 9.03 Å². The third-order valence-electron chi connectivity index (χ3n) is 4.08. The smallest absolute Gasteiger partial charge is 0.261 e. The monoisotopic (exact) mass is 482 g/mol. The molecular formula is C18H21Cl2FN2O4S2. The van der Waals surface area contributed by atoms with Gasteiger partial charge in [-0.2, -0.15) is 0 Å². The zero-order chi connectivity index (χ0) is 21.8. The van der Waals surface area contributed by atoms with Crippen LogP contribution >= 0.6 is 23.2 Å². The molecule has 0 unspecified atom stereocenters. The van der Waals surface area contributed by atoms with E-state index < -0.39 is 31.9 Å². The quantitative estimate of drug-likeness (QED) is 0.546. The Bertz CT molecular complexity index is 1060. The van der Waals surface area contributed by atoms with E-state index >= 15 is 0 Å². The molecule has 0 aliphatic carbocycles. The van der Waals surface area contributed by atoms with Gasteiger partial charge in [0.15, 0.2) is 0 Å². The van der Waals surface area contributed by atoms with Crippen molar-refractivity contribution >= 4 is 48.9 Å². The highest BCUT2D eigenvalue weighted by atomic mass is 35.5. The van der Waals surface area contributed by atoms with Gasteiger partial charge >= 0.3 is 0 Å². The van der Waals surface area contributed by atoms with E-state index in [-0.39, 0.29) is 28.6 Å². The van der Waals surface area contributed by atoms with E-state index in [1.807, 2.05) is 0 Å². The van der Waals surface area contributed by atoms with Crippen LogP contribution in [0.25, 0.3) is 0 Å². The fourth-order valence-corrected chi connectivity index (χ4v) is 5.24. The highest BCUT2D eigenvalue weighted by Crippen LogP contribution is 2.32. The number of nitrogens with zero attached hydrogens (tertiary/aromatic N) is 1. The maximum absolute atomic E-state index is 14.6. The summed E-state index contributed by atoms with van der Waals surface area (Å²) in [6.45, 7) is 1.75. The highest BCUT2D eigenvalue weighted by Gasteiger charge is 2.31. The average molecular weight is 483 g/mol. The normalized spacial score (nSPS) is 13.3. The largest absolute Gasteiger partial charge is 0.264 e. The Kier molecular flexibility index (Phi) is 7.92. The number of nitrogens with one attached hydrogen (secondary N) is 1. The molecule has 0 fully saturated rings. The molecule has 6 nitrogen and oxygen atoms in total. The number of hydrogen-bond acceptors (Lipinski definition) is 4. The van der Waals surface area contributed by atoms with E-state index in [0.717, 1.165) is 16.6 Å². The molecule has 0 aliphatic heterocycles. The first-order valence-electron chi connectivity index (χ1n) is 8.61. The Labute approximate surface area is 180 Å². The van der Waals surface area contributed by atoms with Gasteiger partial charge in [-0.25, -0.2) is 25.9 Å². The van der Waals surface area contributed by atoms with Crippen LogP contribution in [0.1, 0.15) is 19.8 Å². The summed E-state index contributed by atoms with van der Waals surface area (Å²) in [5, 5.41) is 0.549. The molecular weight excluding hydrogens is 462 g/mol. The number of rotatable bonds is 9. The van der Waals surface area contributed by atoms with Crippen LogP contribution in [-0.2, 0) is 20.0 Å². The lowest BCUT2D eigenvalue weighted by Crippen LogP contribution is -2.40. The van der Waals surface area contributed by atoms with Gasteiger partial charge in [0, 0.05) is 22.6 Å². The molecule has 0 saturated carbocycles. The molecule has 1 atom stereocenters. The molecule has 160 valence electrons. The summed E-state index contributed by atoms with van der Waals surface area (Å²) < 4.78 is 66.9. The first kappa shape index (κ1) is 23.9. The van der Waals surface area contributed by atoms with E-state index in [2.05, 4.69) is 4.72 Å². The lowest BCUT2D eigenvalue weighted by Gasteiger charge is -2.31. The van der Waals surface area contributed by atoms with Crippen molar-refractivity contribution in [1.29, 1.82) is 0 Å². The molecule has 2 aromatic rings. The minimum absolute atomic E-state index is 0.0533. The van der Waals surface area contributed by atoms with Crippen LogP contribution in [0.5, 0.6) is 0 Å². The predicted octanol–water partition coefficient (Wildman–Crippen LogP) is 4.05. The van der Waals surface area contributed by atoms with Gasteiger partial charge in [0.05, 0.1) is 16.8 Å². The van der Waals surface area contributed by atoms with Gasteiger partial charge in [-0.3, -0.25) is 4.31 Å². The molecule has 0 spiro atoms. The second-order valence-corrected chi connectivity index (χ2v) is 11.0. The summed E-state index contributed by atoms with van der Waals surface area (Å²) in [6.07, 6.45) is 1.67. The Hall–Kier alpha value is -1.39. The second kappa shape index (κ2) is 9.61. The van der Waals surface area contributed by atoms with E-state index in [9.17, 15) is 21.2 Å². The number of benzene rings is 2. The summed E-state index contributed by atoms with van der Waals surface area (Å²) in [5.74, 6) is -0.743. The minimum atomic E-state index is -4.14. The van der Waals surface area contributed by atoms with Crippen LogP contribution in [0.4, 0.5) is 10.1 Å². The molecule has 0 bridgehead atoms. The van der Waals surface area contributed by atoms with Gasteiger partial charge in [0.2, 0.25) is 10.0 Å². The summed E-state index contributed by atoms with van der Waals surface area (Å²) in [4.78, 5) is -0.0533. The lowest BCUT2D eigenvalue weighted by atomic mass is 10.1. The predicted molar refractivity (Wildman–Crippen MR) is 114 cm³/mol. The van der Waals surface area contributed by atoms with Crippen molar-refractivity contribution in [1.82, 2.24) is 4.72 Å². The van der Waals surface area contributed by atoms with E-state index in [1.54, 1.807) is 6.92 Å². The van der Waals surface area contributed by atoms with Crippen LogP contribution in [-0.4, -0.2) is 35.7 Å². The zero-order valence-corrected chi connectivity index (χ0v) is 18.9. The molecule has 0 heterocycles. The summed E-state index contributed by atoms with van der Waals surface area (Å²) in [7, 11) is -7.49. The fraction of sp³-hybridized carbons (Fsp3) is 0.333. The average Bonchev–Trinajstić information content (AvgIpc) is 2.61. The third-order valence-corrected chi connectivity index (χ3v) is 7.24. The maximum atomic E-state index is 14.6. The standard InChI is InChI=1S/C18H21Cl2FN2O4S2/c1-13(4-3-11-22-28(2,24)25)23(18-12-15(20)7-10-17(18)21)29(26,27)16-8-5-14(19)6-9-16/h5-10,12-13,22H,3-4,11H2,1-2H3/t13-/m1/s1. The number of anilines is 1. The Morgan fingerprint density at radius 2 is 1.62 bits per heavy atom. The number of hydrogen-bond donors (Lipinski definition) is 1. The van der Waals surface area contributed by atoms with Crippen LogP contribution in [0, 0.1) is 5.82 Å². The van der Waals surface area contributed by atoms with Crippen molar-refractivity contribution in [2.75, 3.05) is 17.1 Å². The van der Waals surface area contributed by atoms with Crippen LogP contribution in [0.15, 0.2) is 47.4 Å². The van der Waals surface area contributed by atoms with Gasteiger partial charge in [-0.15, -0.1) is 0 Å². The molecule has 11 heteroatoms. The van der Waals surface area contributed by atoms with Gasteiger partial charge in [0.25, 0.3) is 10.0 Å². The van der Waals surface area contributed by atoms with Gasteiger partial charge < -0.3 is 0 Å². The topological polar surface area (TPSA) is 83.6 Å². The Balaban J connectivity index is 2.40. The number of sulfonamides is 2. The van der Waals surface area contributed by atoms with E-state index in [4.69, 9.17) is 23.2 Å². The van der Waals surface area contributed by atoms with Crippen molar-refractivity contribution in [3.8, 4) is 0 Å². The molecule has 1 N–H and O–H groups in total. The molecule has 0 aliphatic rings.